The summed E-state index contributed by atoms with van der Waals surface area (Å²) in [5, 5.41) is 0. The molecule has 2 nitrogen and oxygen atoms in total. The molecule has 0 aromatic carbocycles. The average Bonchev–Trinajstić information content (AvgIpc) is 2.29. The third-order valence-electron chi connectivity index (χ3n) is 1.69. The van der Waals surface area contributed by atoms with Gasteiger partial charge in [0.1, 0.15) is 0 Å². The van der Waals surface area contributed by atoms with Gasteiger partial charge in [0, 0.05) is 20.2 Å². The minimum absolute atomic E-state index is 0.0623. The van der Waals surface area contributed by atoms with Crippen LogP contribution in [0.4, 0.5) is 13.2 Å². The van der Waals surface area contributed by atoms with Crippen LogP contribution in [0.25, 0.3) is 0 Å². The van der Waals surface area contributed by atoms with E-state index in [4.69, 9.17) is 0 Å². The minimum atomic E-state index is -4.38. The molecule has 72 valence electrons. The molecule has 0 saturated carbocycles. The Morgan fingerprint density at radius 1 is 1.46 bits per heavy atom. The van der Waals surface area contributed by atoms with Crippen molar-refractivity contribution in [3.8, 4) is 0 Å². The molecule has 0 spiro atoms. The molecule has 0 aliphatic carbocycles. The number of carbonyl (C=O) groups is 1. The zero-order chi connectivity index (χ0) is 10.2. The van der Waals surface area contributed by atoms with Crippen molar-refractivity contribution in [3.05, 3.63) is 23.5 Å². The van der Waals surface area contributed by atoms with Crippen molar-refractivity contribution in [1.29, 1.82) is 0 Å². The fourth-order valence-corrected chi connectivity index (χ4v) is 1.07. The van der Waals surface area contributed by atoms with Crippen molar-refractivity contribution in [2.24, 2.45) is 7.05 Å². The summed E-state index contributed by atoms with van der Waals surface area (Å²) >= 11 is 0. The third-order valence-corrected chi connectivity index (χ3v) is 1.69. The molecular formula is C8H8F3NO. The van der Waals surface area contributed by atoms with E-state index >= 15 is 0 Å². The van der Waals surface area contributed by atoms with E-state index in [1.54, 1.807) is 0 Å². The molecule has 0 N–H and O–H groups in total. The molecule has 0 fully saturated rings. The first-order chi connectivity index (χ1) is 5.82. The van der Waals surface area contributed by atoms with Crippen LogP contribution in [0.15, 0.2) is 12.3 Å². The molecular weight excluding hydrogens is 183 g/mol. The summed E-state index contributed by atoms with van der Waals surface area (Å²) in [6.45, 7) is 1.23. The maximum atomic E-state index is 12.1. The van der Waals surface area contributed by atoms with Crippen molar-refractivity contribution in [1.82, 2.24) is 4.57 Å². The van der Waals surface area contributed by atoms with E-state index in [2.05, 4.69) is 0 Å². The molecule has 0 unspecified atom stereocenters. The van der Waals surface area contributed by atoms with Gasteiger partial charge in [0.25, 0.3) is 0 Å². The van der Waals surface area contributed by atoms with Crippen molar-refractivity contribution < 1.29 is 18.0 Å². The molecule has 0 atom stereocenters. The quantitative estimate of drug-likeness (QED) is 0.624. The van der Waals surface area contributed by atoms with Crippen LogP contribution in [0.3, 0.4) is 0 Å². The minimum Gasteiger partial charge on any atom is -0.348 e. The van der Waals surface area contributed by atoms with Gasteiger partial charge in [-0.25, -0.2) is 0 Å². The van der Waals surface area contributed by atoms with Crippen molar-refractivity contribution in [2.45, 2.75) is 13.1 Å². The van der Waals surface area contributed by atoms with Crippen LogP contribution >= 0.6 is 0 Å². The molecule has 0 amide bonds. The number of carbonyl (C=O) groups excluding carboxylic acids is 1. The second-order valence-corrected chi connectivity index (χ2v) is 2.78. The van der Waals surface area contributed by atoms with Gasteiger partial charge in [0.15, 0.2) is 5.78 Å². The predicted molar refractivity (Wildman–Crippen MR) is 40.4 cm³/mol. The summed E-state index contributed by atoms with van der Waals surface area (Å²) < 4.78 is 37.5. The van der Waals surface area contributed by atoms with Crippen molar-refractivity contribution in [3.63, 3.8) is 0 Å². The Kier molecular flexibility index (Phi) is 2.19. The van der Waals surface area contributed by atoms with E-state index in [0.29, 0.717) is 0 Å². The second-order valence-electron chi connectivity index (χ2n) is 2.78. The lowest BCUT2D eigenvalue weighted by molar-refractivity contribution is -0.137. The fourth-order valence-electron chi connectivity index (χ4n) is 1.07. The maximum absolute atomic E-state index is 12.1. The molecule has 1 aromatic heterocycles. The van der Waals surface area contributed by atoms with E-state index in [0.717, 1.165) is 12.3 Å². The number of aromatic nitrogens is 1. The van der Waals surface area contributed by atoms with Crippen LogP contribution in [0.1, 0.15) is 23.0 Å². The zero-order valence-corrected chi connectivity index (χ0v) is 7.14. The summed E-state index contributed by atoms with van der Waals surface area (Å²) in [7, 11) is 1.41. The van der Waals surface area contributed by atoms with E-state index in [1.165, 1.54) is 18.5 Å². The van der Waals surface area contributed by atoms with Gasteiger partial charge < -0.3 is 4.57 Å². The number of hydrogen-bond donors (Lipinski definition) is 0. The number of alkyl halides is 3. The first kappa shape index (κ1) is 9.83. The number of rotatable bonds is 1. The second kappa shape index (κ2) is 2.90. The molecule has 0 saturated heterocycles. The van der Waals surface area contributed by atoms with E-state index in [1.807, 2.05) is 0 Å². The van der Waals surface area contributed by atoms with Crippen LogP contribution in [-0.2, 0) is 13.2 Å². The van der Waals surface area contributed by atoms with E-state index in [9.17, 15) is 18.0 Å². The van der Waals surface area contributed by atoms with Gasteiger partial charge in [-0.3, -0.25) is 4.79 Å². The fraction of sp³-hybridized carbons (Fsp3) is 0.375. The maximum Gasteiger partial charge on any atom is 0.417 e. The first-order valence-electron chi connectivity index (χ1n) is 3.57. The number of hydrogen-bond acceptors (Lipinski definition) is 1. The predicted octanol–water partition coefficient (Wildman–Crippen LogP) is 2.25. The van der Waals surface area contributed by atoms with Crippen LogP contribution in [0, 0.1) is 0 Å². The summed E-state index contributed by atoms with van der Waals surface area (Å²) in [6, 6.07) is 0.850. The van der Waals surface area contributed by atoms with Gasteiger partial charge in [0.05, 0.1) is 11.3 Å². The Morgan fingerprint density at radius 3 is 2.23 bits per heavy atom. The summed E-state index contributed by atoms with van der Waals surface area (Å²) in [4.78, 5) is 10.8. The molecule has 0 radical (unpaired) electrons. The number of halogens is 3. The lowest BCUT2D eigenvalue weighted by Gasteiger charge is -2.00. The number of aryl methyl sites for hydroxylation is 1. The van der Waals surface area contributed by atoms with Crippen LogP contribution < -0.4 is 0 Å². The highest BCUT2D eigenvalue weighted by Crippen LogP contribution is 2.30. The zero-order valence-electron chi connectivity index (χ0n) is 7.14. The molecule has 0 bridgehead atoms. The molecule has 13 heavy (non-hydrogen) atoms. The summed E-state index contributed by atoms with van der Waals surface area (Å²) in [6.07, 6.45) is -3.48. The standard InChI is InChI=1S/C8H8F3NO/c1-5(13)7-3-6(4-12(7)2)8(9,10)11/h3-4H,1-2H3. The number of ketones is 1. The van der Waals surface area contributed by atoms with Gasteiger partial charge in [-0.15, -0.1) is 0 Å². The van der Waals surface area contributed by atoms with Crippen LogP contribution in [0.5, 0.6) is 0 Å². The number of Topliss-reactive ketones (excluding diaryl/α,β-unsaturated/α-hetero) is 1. The summed E-state index contributed by atoms with van der Waals surface area (Å²) in [5.41, 5.74) is -0.729. The number of nitrogens with zero attached hydrogens (tertiary/aromatic N) is 1. The first-order valence-corrected chi connectivity index (χ1v) is 3.57. The highest BCUT2D eigenvalue weighted by atomic mass is 19.4. The smallest absolute Gasteiger partial charge is 0.348 e. The van der Waals surface area contributed by atoms with Gasteiger partial charge in [-0.1, -0.05) is 0 Å². The largest absolute Gasteiger partial charge is 0.417 e. The molecule has 5 heteroatoms. The summed E-state index contributed by atoms with van der Waals surface area (Å²) in [5.74, 6) is -0.377. The van der Waals surface area contributed by atoms with Gasteiger partial charge >= 0.3 is 6.18 Å². The normalized spacial score (nSPS) is 11.8. The molecule has 0 aliphatic heterocycles. The molecule has 1 aromatic rings. The van der Waals surface area contributed by atoms with E-state index in [-0.39, 0.29) is 11.5 Å². The molecule has 1 rings (SSSR count). The van der Waals surface area contributed by atoms with Gasteiger partial charge in [-0.05, 0) is 6.07 Å². The lowest BCUT2D eigenvalue weighted by atomic mass is 10.2. The monoisotopic (exact) mass is 191 g/mol. The highest BCUT2D eigenvalue weighted by Gasteiger charge is 2.32. The Hall–Kier alpha value is -1.26. The van der Waals surface area contributed by atoms with Crippen LogP contribution in [0.2, 0.25) is 0 Å². The topological polar surface area (TPSA) is 22.0 Å². The SMILES string of the molecule is CC(=O)c1cc(C(F)(F)F)cn1C. The molecule has 1 heterocycles. The Bertz CT molecular complexity index is 338. The average molecular weight is 191 g/mol. The van der Waals surface area contributed by atoms with Crippen molar-refractivity contribution in [2.75, 3.05) is 0 Å². The van der Waals surface area contributed by atoms with Gasteiger partial charge in [0.2, 0.25) is 0 Å². The van der Waals surface area contributed by atoms with Crippen LogP contribution in [-0.4, -0.2) is 10.4 Å². The molecule has 0 aliphatic rings. The van der Waals surface area contributed by atoms with Crippen molar-refractivity contribution >= 4 is 5.78 Å². The Labute approximate surface area is 73.0 Å². The Morgan fingerprint density at radius 2 is 2.00 bits per heavy atom. The third kappa shape index (κ3) is 1.91. The van der Waals surface area contributed by atoms with E-state index < -0.39 is 11.7 Å². The lowest BCUT2D eigenvalue weighted by Crippen LogP contribution is -2.02. The van der Waals surface area contributed by atoms with Gasteiger partial charge in [-0.2, -0.15) is 13.2 Å². The highest BCUT2D eigenvalue weighted by molar-refractivity contribution is 5.92. The Balaban J connectivity index is 3.17.